The maximum Gasteiger partial charge on any atom is 0.227 e. The average molecular weight is 341 g/mol. The summed E-state index contributed by atoms with van der Waals surface area (Å²) in [6.07, 6.45) is 0.155. The number of oxazole rings is 1. The monoisotopic (exact) mass is 339 g/mol. The molecule has 0 aliphatic rings. The molecule has 0 atom stereocenters. The van der Waals surface area contributed by atoms with E-state index in [9.17, 15) is 4.79 Å². The van der Waals surface area contributed by atoms with Crippen molar-refractivity contribution in [2.45, 2.75) is 6.42 Å². The zero-order chi connectivity index (χ0) is 15.0. The summed E-state index contributed by atoms with van der Waals surface area (Å²) >= 11 is 17.4. The van der Waals surface area contributed by atoms with Gasteiger partial charge in [-0.25, -0.2) is 4.98 Å². The van der Waals surface area contributed by atoms with Gasteiger partial charge in [0.15, 0.2) is 5.58 Å². The molecule has 0 aliphatic heterocycles. The van der Waals surface area contributed by atoms with Gasteiger partial charge in [0, 0.05) is 17.0 Å². The van der Waals surface area contributed by atoms with Crippen LogP contribution in [0.25, 0.3) is 22.6 Å². The molecule has 106 valence electrons. The normalized spacial score (nSPS) is 11.0. The Bertz CT molecular complexity index is 842. The molecule has 0 N–H and O–H groups in total. The minimum absolute atomic E-state index is 0.155. The lowest BCUT2D eigenvalue weighted by atomic mass is 10.1. The highest BCUT2D eigenvalue weighted by Gasteiger charge is 2.12. The highest BCUT2D eigenvalue weighted by molar-refractivity contribution is 6.63. The number of carbonyl (C=O) groups is 1. The maximum absolute atomic E-state index is 11.0. The van der Waals surface area contributed by atoms with Crippen LogP contribution in [0.15, 0.2) is 40.8 Å². The predicted octanol–water partition coefficient (Wildman–Crippen LogP) is 5.11. The second-order valence-electron chi connectivity index (χ2n) is 4.49. The van der Waals surface area contributed by atoms with E-state index in [2.05, 4.69) is 4.98 Å². The number of rotatable bonds is 3. The Kier molecular flexibility index (Phi) is 3.89. The van der Waals surface area contributed by atoms with E-state index in [1.165, 1.54) is 0 Å². The summed E-state index contributed by atoms with van der Waals surface area (Å²) < 4.78 is 5.68. The van der Waals surface area contributed by atoms with E-state index in [0.29, 0.717) is 27.0 Å². The Morgan fingerprint density at radius 2 is 2.00 bits per heavy atom. The van der Waals surface area contributed by atoms with E-state index in [4.69, 9.17) is 39.2 Å². The first kappa shape index (κ1) is 14.4. The minimum Gasteiger partial charge on any atom is -0.435 e. The van der Waals surface area contributed by atoms with E-state index < -0.39 is 5.24 Å². The predicted molar refractivity (Wildman–Crippen MR) is 84.0 cm³/mol. The van der Waals surface area contributed by atoms with Crippen LogP contribution < -0.4 is 0 Å². The smallest absolute Gasteiger partial charge is 0.227 e. The Hall–Kier alpha value is -1.55. The highest BCUT2D eigenvalue weighted by Crippen LogP contribution is 2.32. The number of halogens is 3. The molecule has 21 heavy (non-hydrogen) atoms. The molecule has 0 amide bonds. The number of fused-ring (bicyclic) bond motifs is 1. The molecule has 0 saturated carbocycles. The van der Waals surface area contributed by atoms with Gasteiger partial charge in [0.25, 0.3) is 0 Å². The standard InChI is InChI=1S/C15H8Cl3NO2/c16-10-6-11(17)14-12(7-10)19-15(21-14)9-3-1-2-8(4-9)5-13(18)20/h1-4,6-7H,5H2. The Morgan fingerprint density at radius 3 is 2.76 bits per heavy atom. The van der Waals surface area contributed by atoms with Gasteiger partial charge in [0.1, 0.15) is 5.52 Å². The van der Waals surface area contributed by atoms with Crippen LogP contribution in [-0.2, 0) is 11.2 Å². The van der Waals surface area contributed by atoms with Gasteiger partial charge >= 0.3 is 0 Å². The van der Waals surface area contributed by atoms with Gasteiger partial charge in [-0.05, 0) is 41.4 Å². The van der Waals surface area contributed by atoms with Crippen molar-refractivity contribution >= 4 is 51.1 Å². The van der Waals surface area contributed by atoms with Crippen LogP contribution in [0.3, 0.4) is 0 Å². The van der Waals surface area contributed by atoms with Crippen LogP contribution in [-0.4, -0.2) is 10.2 Å². The summed E-state index contributed by atoms with van der Waals surface area (Å²) in [6, 6.07) is 10.6. The molecule has 0 radical (unpaired) electrons. The zero-order valence-corrected chi connectivity index (χ0v) is 12.8. The Labute approximate surface area is 135 Å². The Morgan fingerprint density at radius 1 is 1.19 bits per heavy atom. The lowest BCUT2D eigenvalue weighted by Gasteiger charge is -1.99. The summed E-state index contributed by atoms with van der Waals surface area (Å²) in [6.45, 7) is 0. The number of hydrogen-bond donors (Lipinski definition) is 0. The van der Waals surface area contributed by atoms with E-state index in [0.717, 1.165) is 11.1 Å². The van der Waals surface area contributed by atoms with E-state index in [1.807, 2.05) is 18.2 Å². The fourth-order valence-corrected chi connectivity index (χ4v) is 2.73. The van der Waals surface area contributed by atoms with Crippen molar-refractivity contribution < 1.29 is 9.21 Å². The van der Waals surface area contributed by atoms with Crippen LogP contribution in [0.5, 0.6) is 0 Å². The van der Waals surface area contributed by atoms with Crippen molar-refractivity contribution in [1.29, 1.82) is 0 Å². The first-order valence-electron chi connectivity index (χ1n) is 6.06. The van der Waals surface area contributed by atoms with Crippen LogP contribution in [0, 0.1) is 0 Å². The molecule has 0 unspecified atom stereocenters. The van der Waals surface area contributed by atoms with Crippen LogP contribution >= 0.6 is 34.8 Å². The summed E-state index contributed by atoms with van der Waals surface area (Å²) in [4.78, 5) is 15.3. The number of hydrogen-bond acceptors (Lipinski definition) is 3. The van der Waals surface area contributed by atoms with E-state index in [-0.39, 0.29) is 6.42 Å². The van der Waals surface area contributed by atoms with Gasteiger partial charge in [-0.15, -0.1) is 0 Å². The van der Waals surface area contributed by atoms with E-state index >= 15 is 0 Å². The van der Waals surface area contributed by atoms with Gasteiger partial charge in [-0.2, -0.15) is 0 Å². The molecule has 1 heterocycles. The number of nitrogens with zero attached hydrogens (tertiary/aromatic N) is 1. The molecule has 0 spiro atoms. The third-order valence-corrected chi connectivity index (χ3v) is 3.56. The van der Waals surface area contributed by atoms with Gasteiger partial charge in [0.2, 0.25) is 11.1 Å². The summed E-state index contributed by atoms with van der Waals surface area (Å²) in [5, 5.41) is 0.483. The number of benzene rings is 2. The lowest BCUT2D eigenvalue weighted by Crippen LogP contribution is -1.93. The molecule has 3 aromatic rings. The quantitative estimate of drug-likeness (QED) is 0.622. The van der Waals surface area contributed by atoms with Gasteiger partial charge < -0.3 is 4.42 Å². The van der Waals surface area contributed by atoms with Crippen molar-refractivity contribution in [1.82, 2.24) is 4.98 Å². The third kappa shape index (κ3) is 3.05. The molecule has 0 bridgehead atoms. The molecule has 2 aromatic carbocycles. The SMILES string of the molecule is O=C(Cl)Cc1cccc(-c2nc3cc(Cl)cc(Cl)c3o2)c1. The molecule has 0 fully saturated rings. The third-order valence-electron chi connectivity index (χ3n) is 2.93. The highest BCUT2D eigenvalue weighted by atomic mass is 35.5. The van der Waals surface area contributed by atoms with Gasteiger partial charge in [-0.1, -0.05) is 35.3 Å². The second-order valence-corrected chi connectivity index (χ2v) is 5.75. The lowest BCUT2D eigenvalue weighted by molar-refractivity contribution is -0.111. The van der Waals surface area contributed by atoms with Crippen molar-refractivity contribution in [3.05, 3.63) is 52.0 Å². The average Bonchev–Trinajstić information content (AvgIpc) is 2.82. The molecule has 0 aliphatic carbocycles. The zero-order valence-electron chi connectivity index (χ0n) is 10.6. The summed E-state index contributed by atoms with van der Waals surface area (Å²) in [5.41, 5.74) is 2.60. The largest absolute Gasteiger partial charge is 0.435 e. The molecule has 3 nitrogen and oxygen atoms in total. The Balaban J connectivity index is 2.08. The van der Waals surface area contributed by atoms with Crippen LogP contribution in [0.2, 0.25) is 10.0 Å². The topological polar surface area (TPSA) is 43.1 Å². The molecule has 6 heteroatoms. The number of carbonyl (C=O) groups excluding carboxylic acids is 1. The number of aromatic nitrogens is 1. The molecular weight excluding hydrogens is 333 g/mol. The van der Waals surface area contributed by atoms with Crippen molar-refractivity contribution in [3.8, 4) is 11.5 Å². The van der Waals surface area contributed by atoms with Crippen LogP contribution in [0.4, 0.5) is 0 Å². The fourth-order valence-electron chi connectivity index (χ4n) is 2.06. The van der Waals surface area contributed by atoms with Crippen molar-refractivity contribution in [2.75, 3.05) is 0 Å². The first-order chi connectivity index (χ1) is 10.0. The van der Waals surface area contributed by atoms with Crippen LogP contribution in [0.1, 0.15) is 5.56 Å². The molecule has 3 rings (SSSR count). The summed E-state index contributed by atoms with van der Waals surface area (Å²) in [5.74, 6) is 0.415. The molecule has 0 saturated heterocycles. The summed E-state index contributed by atoms with van der Waals surface area (Å²) in [7, 11) is 0. The van der Waals surface area contributed by atoms with E-state index in [1.54, 1.807) is 18.2 Å². The second kappa shape index (κ2) is 5.68. The first-order valence-corrected chi connectivity index (χ1v) is 7.19. The van der Waals surface area contributed by atoms with Gasteiger partial charge in [0.05, 0.1) is 5.02 Å². The van der Waals surface area contributed by atoms with Gasteiger partial charge in [-0.3, -0.25) is 4.79 Å². The fraction of sp³-hybridized carbons (Fsp3) is 0.0667. The minimum atomic E-state index is -0.417. The molecular formula is C15H8Cl3NO2. The van der Waals surface area contributed by atoms with Crippen molar-refractivity contribution in [3.63, 3.8) is 0 Å². The maximum atomic E-state index is 11.0. The van der Waals surface area contributed by atoms with Crippen molar-refractivity contribution in [2.24, 2.45) is 0 Å². The molecule has 1 aromatic heterocycles.